The monoisotopic (exact) mass is 720 g/mol. The normalized spacial score (nSPS) is 13.7. The second kappa shape index (κ2) is 12.5. The zero-order valence-electron chi connectivity index (χ0n) is 26.6. The van der Waals surface area contributed by atoms with E-state index in [2.05, 4.69) is 15.0 Å². The van der Waals surface area contributed by atoms with Crippen molar-refractivity contribution in [1.82, 2.24) is 28.9 Å². The molecule has 1 aliphatic rings. The first kappa shape index (κ1) is 32.6. The van der Waals surface area contributed by atoms with Crippen LogP contribution in [0.5, 0.6) is 0 Å². The van der Waals surface area contributed by atoms with E-state index in [-0.39, 0.29) is 27.0 Å². The summed E-state index contributed by atoms with van der Waals surface area (Å²) in [5, 5.41) is 5.53. The maximum Gasteiger partial charge on any atom is 0.296 e. The van der Waals surface area contributed by atoms with Gasteiger partial charge in [-0.2, -0.15) is 0 Å². The quantitative estimate of drug-likeness (QED) is 0.232. The summed E-state index contributed by atoms with van der Waals surface area (Å²) in [6.45, 7) is 3.38. The highest BCUT2D eigenvalue weighted by molar-refractivity contribution is 7.92. The fraction of sp³-hybridized carbons (Fsp3) is 0.212. The topological polar surface area (TPSA) is 118 Å². The first-order chi connectivity index (χ1) is 23.4. The van der Waals surface area contributed by atoms with Gasteiger partial charge in [-0.3, -0.25) is 18.6 Å². The number of carbonyl (C=O) groups is 1. The number of anilines is 2. The smallest absolute Gasteiger partial charge is 0.296 e. The lowest BCUT2D eigenvalue weighted by Crippen LogP contribution is -2.49. The van der Waals surface area contributed by atoms with Crippen molar-refractivity contribution in [2.45, 2.75) is 11.8 Å². The van der Waals surface area contributed by atoms with Crippen molar-refractivity contribution < 1.29 is 17.6 Å². The molecule has 1 amide bonds. The first-order valence-corrected chi connectivity index (χ1v) is 17.9. The summed E-state index contributed by atoms with van der Waals surface area (Å²) < 4.78 is 46.7. The van der Waals surface area contributed by atoms with Crippen LogP contribution in [0.1, 0.15) is 16.1 Å². The lowest BCUT2D eigenvalue weighted by Gasteiger charge is -2.34. The number of fused-ring (bicyclic) bond motifs is 1. The summed E-state index contributed by atoms with van der Waals surface area (Å²) in [5.74, 6) is -0.714. The van der Waals surface area contributed by atoms with Crippen LogP contribution in [-0.4, -0.2) is 76.4 Å². The number of benzene rings is 3. The highest BCUT2D eigenvalue weighted by Gasteiger charge is 2.31. The predicted molar refractivity (Wildman–Crippen MR) is 187 cm³/mol. The van der Waals surface area contributed by atoms with Gasteiger partial charge >= 0.3 is 0 Å². The summed E-state index contributed by atoms with van der Waals surface area (Å²) in [4.78, 5) is 36.1. The molecule has 0 saturated carbocycles. The average Bonchev–Trinajstić information content (AvgIpc) is 3.75. The molecule has 7 rings (SSSR count). The Morgan fingerprint density at radius 3 is 2.37 bits per heavy atom. The van der Waals surface area contributed by atoms with Crippen molar-refractivity contribution in [3.63, 3.8) is 0 Å². The SMILES string of the molecule is Cc1c(N(C)S(=O)(=O)c2ccc(Cl)c(C(=O)N3CCN(c4nn5cc(-c6ccc(F)cc6)nc5s4)CC3)c2)c(=O)n(-c2ccccc2)n1C. The summed E-state index contributed by atoms with van der Waals surface area (Å²) in [5.41, 5.74) is 2.07. The van der Waals surface area contributed by atoms with E-state index in [9.17, 15) is 22.4 Å². The van der Waals surface area contributed by atoms with Gasteiger partial charge in [0.05, 0.1) is 38.8 Å². The molecular formula is C33H30ClFN8O4S2. The van der Waals surface area contributed by atoms with Crippen molar-refractivity contribution >= 4 is 54.6 Å². The largest absolute Gasteiger partial charge is 0.343 e. The molecule has 3 aromatic heterocycles. The van der Waals surface area contributed by atoms with Gasteiger partial charge in [-0.15, -0.1) is 5.10 Å². The van der Waals surface area contributed by atoms with Gasteiger partial charge in [0.1, 0.15) is 11.5 Å². The molecule has 16 heteroatoms. The van der Waals surface area contributed by atoms with E-state index >= 15 is 0 Å². The number of imidazole rings is 1. The van der Waals surface area contributed by atoms with E-state index in [1.807, 2.05) is 6.07 Å². The van der Waals surface area contributed by atoms with E-state index in [0.29, 0.717) is 48.2 Å². The fourth-order valence-electron chi connectivity index (χ4n) is 5.87. The van der Waals surface area contributed by atoms with Gasteiger partial charge in [0.15, 0.2) is 0 Å². The van der Waals surface area contributed by atoms with Gasteiger partial charge in [0, 0.05) is 45.8 Å². The number of hydrogen-bond donors (Lipinski definition) is 0. The third-order valence-electron chi connectivity index (χ3n) is 8.68. The first-order valence-electron chi connectivity index (χ1n) is 15.2. The molecular weight excluding hydrogens is 691 g/mol. The minimum Gasteiger partial charge on any atom is -0.343 e. The molecule has 0 N–H and O–H groups in total. The zero-order valence-corrected chi connectivity index (χ0v) is 29.0. The Bertz CT molecular complexity index is 2350. The molecule has 0 aliphatic carbocycles. The summed E-state index contributed by atoms with van der Waals surface area (Å²) in [7, 11) is -1.26. The van der Waals surface area contributed by atoms with E-state index in [1.165, 1.54) is 53.4 Å². The van der Waals surface area contributed by atoms with Crippen molar-refractivity contribution in [2.24, 2.45) is 7.05 Å². The molecule has 3 aromatic carbocycles. The Balaban J connectivity index is 1.07. The lowest BCUT2D eigenvalue weighted by molar-refractivity contribution is 0.0746. The average molecular weight is 721 g/mol. The van der Waals surface area contributed by atoms with Crippen molar-refractivity contribution in [3.05, 3.63) is 111 Å². The number of piperazine rings is 1. The van der Waals surface area contributed by atoms with Crippen LogP contribution in [0.4, 0.5) is 15.2 Å². The number of rotatable bonds is 7. The number of sulfonamides is 1. The van der Waals surface area contributed by atoms with Crippen molar-refractivity contribution in [2.75, 3.05) is 42.4 Å². The second-order valence-electron chi connectivity index (χ2n) is 11.5. The predicted octanol–water partition coefficient (Wildman–Crippen LogP) is 4.84. The highest BCUT2D eigenvalue weighted by atomic mass is 35.5. The number of amides is 1. The number of nitrogens with zero attached hydrogens (tertiary/aromatic N) is 8. The van der Waals surface area contributed by atoms with E-state index < -0.39 is 21.5 Å². The van der Waals surface area contributed by atoms with Crippen LogP contribution >= 0.6 is 22.9 Å². The molecule has 1 aliphatic heterocycles. The molecule has 4 heterocycles. The summed E-state index contributed by atoms with van der Waals surface area (Å²) in [6, 6.07) is 19.0. The Kier molecular flexibility index (Phi) is 8.29. The molecule has 1 saturated heterocycles. The van der Waals surface area contributed by atoms with Crippen LogP contribution in [0.25, 0.3) is 21.9 Å². The Morgan fingerprint density at radius 2 is 1.69 bits per heavy atom. The lowest BCUT2D eigenvalue weighted by atomic mass is 10.2. The van der Waals surface area contributed by atoms with Gasteiger partial charge in [0.2, 0.25) is 10.1 Å². The molecule has 6 aromatic rings. The van der Waals surface area contributed by atoms with Crippen LogP contribution in [-0.2, 0) is 17.1 Å². The van der Waals surface area contributed by atoms with Crippen LogP contribution in [0.3, 0.4) is 0 Å². The molecule has 1 fully saturated rings. The number of halogens is 2. The molecule has 0 atom stereocenters. The Morgan fingerprint density at radius 1 is 1.00 bits per heavy atom. The third kappa shape index (κ3) is 5.77. The van der Waals surface area contributed by atoms with Crippen LogP contribution in [0.15, 0.2) is 88.7 Å². The Hall–Kier alpha value is -4.99. The van der Waals surface area contributed by atoms with E-state index in [4.69, 9.17) is 11.6 Å². The molecule has 12 nitrogen and oxygen atoms in total. The fourth-order valence-corrected chi connectivity index (χ4v) is 8.28. The number of para-hydroxylation sites is 1. The maximum absolute atomic E-state index is 13.9. The molecule has 0 unspecified atom stereocenters. The standard InChI is InChI=1S/C33H30ClFN8O4S2/c1-21-29(31(45)43(38(21)2)24-7-5-4-6-8-24)39(3)49(46,47)25-13-14-27(34)26(19-25)30(44)40-15-17-41(18-16-40)33-37-42-20-28(36-32(42)48-33)22-9-11-23(35)12-10-22/h4-14,19-20H,15-18H2,1-3H3. The van der Waals surface area contributed by atoms with Gasteiger partial charge in [-0.25, -0.2) is 27.0 Å². The Labute approximate surface area is 289 Å². The molecule has 49 heavy (non-hydrogen) atoms. The minimum atomic E-state index is -4.26. The van der Waals surface area contributed by atoms with Gasteiger partial charge in [-0.05, 0) is 61.5 Å². The number of carbonyl (C=O) groups excluding carboxylic acids is 1. The molecule has 0 bridgehead atoms. The van der Waals surface area contributed by atoms with Gasteiger partial charge in [-0.1, -0.05) is 41.1 Å². The summed E-state index contributed by atoms with van der Waals surface area (Å²) in [6.07, 6.45) is 1.79. The number of hydrogen-bond acceptors (Lipinski definition) is 8. The van der Waals surface area contributed by atoms with E-state index in [1.54, 1.807) is 70.7 Å². The van der Waals surface area contributed by atoms with Crippen LogP contribution in [0.2, 0.25) is 5.02 Å². The second-order valence-corrected chi connectivity index (χ2v) is 14.9. The minimum absolute atomic E-state index is 0.00778. The molecule has 0 spiro atoms. The van der Waals surface area contributed by atoms with Crippen molar-refractivity contribution in [3.8, 4) is 16.9 Å². The van der Waals surface area contributed by atoms with Crippen LogP contribution < -0.4 is 14.8 Å². The van der Waals surface area contributed by atoms with E-state index in [0.717, 1.165) is 15.0 Å². The van der Waals surface area contributed by atoms with Gasteiger partial charge < -0.3 is 9.80 Å². The zero-order chi connectivity index (χ0) is 34.6. The van der Waals surface area contributed by atoms with Gasteiger partial charge in [0.25, 0.3) is 21.5 Å². The third-order valence-corrected chi connectivity index (χ3v) is 11.7. The van der Waals surface area contributed by atoms with Crippen molar-refractivity contribution in [1.29, 1.82) is 0 Å². The highest BCUT2D eigenvalue weighted by Crippen LogP contribution is 2.30. The van der Waals surface area contributed by atoms with Crippen LogP contribution in [0, 0.1) is 12.7 Å². The molecule has 252 valence electrons. The number of aromatic nitrogens is 5. The summed E-state index contributed by atoms with van der Waals surface area (Å²) >= 11 is 7.87. The maximum atomic E-state index is 13.9. The molecule has 0 radical (unpaired) electrons.